The standard InChI is InChI=1S/C19H22N2O2/c1-4-23-17-11-8-16(9-12-17)10-13-19(22)21-14-6-5-7-18(21)20-15(2)3/h5-15H,4H2,1-3H3/b13-10+,20-18?. The highest BCUT2D eigenvalue weighted by molar-refractivity contribution is 5.93. The van der Waals surface area contributed by atoms with E-state index >= 15 is 0 Å². The first-order chi connectivity index (χ1) is 11.1. The Balaban J connectivity index is 2.19. The van der Waals surface area contributed by atoms with Gasteiger partial charge in [0.1, 0.15) is 11.2 Å². The highest BCUT2D eigenvalue weighted by Gasteiger charge is 2.01. The Morgan fingerprint density at radius 1 is 1.22 bits per heavy atom. The van der Waals surface area contributed by atoms with Gasteiger partial charge in [-0.05, 0) is 56.7 Å². The Morgan fingerprint density at radius 2 is 1.96 bits per heavy atom. The number of hydrogen-bond donors (Lipinski definition) is 0. The molecule has 0 unspecified atom stereocenters. The summed E-state index contributed by atoms with van der Waals surface area (Å²) in [6, 6.07) is 13.3. The van der Waals surface area contributed by atoms with Gasteiger partial charge in [0.05, 0.1) is 6.61 Å². The number of carbonyl (C=O) groups is 1. The van der Waals surface area contributed by atoms with Crippen LogP contribution in [0.25, 0.3) is 6.08 Å². The first kappa shape index (κ1) is 16.7. The van der Waals surface area contributed by atoms with Crippen molar-refractivity contribution < 1.29 is 9.53 Å². The fraction of sp³-hybridized carbons (Fsp3) is 0.263. The zero-order valence-corrected chi connectivity index (χ0v) is 13.8. The molecule has 0 saturated carbocycles. The SMILES string of the molecule is CCOc1ccc(/C=C/C(=O)n2ccccc2=NC(C)C)cc1. The summed E-state index contributed by atoms with van der Waals surface area (Å²) in [5.41, 5.74) is 1.60. The average Bonchev–Trinajstić information content (AvgIpc) is 2.54. The number of allylic oxidation sites excluding steroid dienone is 1. The van der Waals surface area contributed by atoms with Crippen LogP contribution < -0.4 is 10.2 Å². The molecule has 0 bridgehead atoms. The lowest BCUT2D eigenvalue weighted by Crippen LogP contribution is -2.26. The summed E-state index contributed by atoms with van der Waals surface area (Å²) < 4.78 is 6.95. The van der Waals surface area contributed by atoms with E-state index < -0.39 is 0 Å². The quantitative estimate of drug-likeness (QED) is 0.793. The Labute approximate surface area is 136 Å². The molecule has 23 heavy (non-hydrogen) atoms. The normalized spacial score (nSPS) is 12.1. The molecular formula is C19H22N2O2. The van der Waals surface area contributed by atoms with E-state index in [4.69, 9.17) is 4.74 Å². The van der Waals surface area contributed by atoms with Crippen molar-refractivity contribution in [1.29, 1.82) is 0 Å². The summed E-state index contributed by atoms with van der Waals surface area (Å²) in [5.74, 6) is 0.699. The van der Waals surface area contributed by atoms with Crippen molar-refractivity contribution in [3.8, 4) is 5.75 Å². The van der Waals surface area contributed by atoms with Crippen LogP contribution >= 0.6 is 0 Å². The summed E-state index contributed by atoms with van der Waals surface area (Å²) in [7, 11) is 0. The number of aromatic nitrogens is 1. The second-order valence-electron chi connectivity index (χ2n) is 5.33. The summed E-state index contributed by atoms with van der Waals surface area (Å²) in [6.45, 7) is 6.55. The molecule has 0 amide bonds. The molecule has 0 spiro atoms. The predicted octanol–water partition coefficient (Wildman–Crippen LogP) is 3.55. The van der Waals surface area contributed by atoms with Gasteiger partial charge in [-0.1, -0.05) is 18.2 Å². The maximum Gasteiger partial charge on any atom is 0.256 e. The zero-order valence-electron chi connectivity index (χ0n) is 13.8. The van der Waals surface area contributed by atoms with Crippen LogP contribution in [0.5, 0.6) is 5.75 Å². The van der Waals surface area contributed by atoms with Crippen molar-refractivity contribution >= 4 is 12.0 Å². The van der Waals surface area contributed by atoms with Gasteiger partial charge in [0, 0.05) is 18.3 Å². The van der Waals surface area contributed by atoms with E-state index in [9.17, 15) is 4.79 Å². The Morgan fingerprint density at radius 3 is 2.61 bits per heavy atom. The van der Waals surface area contributed by atoms with Gasteiger partial charge < -0.3 is 4.74 Å². The largest absolute Gasteiger partial charge is 0.494 e. The van der Waals surface area contributed by atoms with Crippen molar-refractivity contribution in [2.24, 2.45) is 4.99 Å². The zero-order chi connectivity index (χ0) is 16.7. The number of rotatable bonds is 5. The van der Waals surface area contributed by atoms with Crippen LogP contribution in [-0.4, -0.2) is 23.1 Å². The Hall–Kier alpha value is -2.62. The van der Waals surface area contributed by atoms with E-state index in [-0.39, 0.29) is 11.9 Å². The predicted molar refractivity (Wildman–Crippen MR) is 92.4 cm³/mol. The smallest absolute Gasteiger partial charge is 0.256 e. The van der Waals surface area contributed by atoms with Crippen molar-refractivity contribution in [2.45, 2.75) is 26.8 Å². The van der Waals surface area contributed by atoms with E-state index in [0.29, 0.717) is 12.1 Å². The number of ether oxygens (including phenoxy) is 1. The van der Waals surface area contributed by atoms with Gasteiger partial charge in [0.15, 0.2) is 0 Å². The molecule has 2 rings (SSSR count). The first-order valence-corrected chi connectivity index (χ1v) is 7.77. The second-order valence-corrected chi connectivity index (χ2v) is 5.33. The molecule has 0 saturated heterocycles. The Bertz CT molecular complexity index is 740. The third-order valence-electron chi connectivity index (χ3n) is 3.08. The summed E-state index contributed by atoms with van der Waals surface area (Å²) >= 11 is 0. The van der Waals surface area contributed by atoms with Crippen LogP contribution in [0.4, 0.5) is 0 Å². The van der Waals surface area contributed by atoms with Crippen molar-refractivity contribution in [2.75, 3.05) is 6.61 Å². The van der Waals surface area contributed by atoms with Gasteiger partial charge in [-0.3, -0.25) is 14.4 Å². The van der Waals surface area contributed by atoms with E-state index in [2.05, 4.69) is 4.99 Å². The third-order valence-corrected chi connectivity index (χ3v) is 3.08. The van der Waals surface area contributed by atoms with Gasteiger partial charge >= 0.3 is 0 Å². The molecular weight excluding hydrogens is 288 g/mol. The lowest BCUT2D eigenvalue weighted by Gasteiger charge is -2.04. The van der Waals surface area contributed by atoms with Crippen LogP contribution in [0.3, 0.4) is 0 Å². The third kappa shape index (κ3) is 4.95. The van der Waals surface area contributed by atoms with Gasteiger partial charge in [-0.2, -0.15) is 0 Å². The highest BCUT2D eigenvalue weighted by atomic mass is 16.5. The van der Waals surface area contributed by atoms with Crippen molar-refractivity contribution in [3.05, 3.63) is 65.8 Å². The lowest BCUT2D eigenvalue weighted by molar-refractivity contribution is 0.0964. The van der Waals surface area contributed by atoms with E-state index in [1.165, 1.54) is 0 Å². The molecule has 1 aromatic heterocycles. The van der Waals surface area contributed by atoms with Gasteiger partial charge in [0.25, 0.3) is 5.91 Å². The first-order valence-electron chi connectivity index (χ1n) is 7.77. The van der Waals surface area contributed by atoms with Crippen LogP contribution in [0, 0.1) is 0 Å². The maximum absolute atomic E-state index is 12.4. The molecule has 1 aromatic carbocycles. The molecule has 0 aliphatic rings. The molecule has 0 aliphatic heterocycles. The van der Waals surface area contributed by atoms with E-state index in [1.54, 1.807) is 22.9 Å². The fourth-order valence-corrected chi connectivity index (χ4v) is 2.08. The average molecular weight is 310 g/mol. The molecule has 0 radical (unpaired) electrons. The van der Waals surface area contributed by atoms with E-state index in [1.807, 2.05) is 63.2 Å². The van der Waals surface area contributed by atoms with Crippen molar-refractivity contribution in [3.63, 3.8) is 0 Å². The van der Waals surface area contributed by atoms with Crippen LogP contribution in [0.2, 0.25) is 0 Å². The molecule has 0 N–H and O–H groups in total. The van der Waals surface area contributed by atoms with Gasteiger partial charge in [0.2, 0.25) is 0 Å². The molecule has 0 aliphatic carbocycles. The highest BCUT2D eigenvalue weighted by Crippen LogP contribution is 2.13. The summed E-state index contributed by atoms with van der Waals surface area (Å²) in [4.78, 5) is 16.8. The lowest BCUT2D eigenvalue weighted by atomic mass is 10.2. The minimum absolute atomic E-state index is 0.126. The minimum atomic E-state index is -0.126. The molecule has 120 valence electrons. The van der Waals surface area contributed by atoms with Crippen LogP contribution in [0.15, 0.2) is 59.7 Å². The van der Waals surface area contributed by atoms with Gasteiger partial charge in [-0.25, -0.2) is 0 Å². The monoisotopic (exact) mass is 310 g/mol. The number of carbonyl (C=O) groups excluding carboxylic acids is 1. The summed E-state index contributed by atoms with van der Waals surface area (Å²) in [5, 5.41) is 0. The Kier molecular flexibility index (Phi) is 5.92. The number of nitrogens with zero attached hydrogens (tertiary/aromatic N) is 2. The topological polar surface area (TPSA) is 43.6 Å². The second kappa shape index (κ2) is 8.13. The van der Waals surface area contributed by atoms with Gasteiger partial charge in [-0.15, -0.1) is 0 Å². The maximum atomic E-state index is 12.4. The molecule has 0 fully saturated rings. The summed E-state index contributed by atoms with van der Waals surface area (Å²) in [6.07, 6.45) is 5.07. The fourth-order valence-electron chi connectivity index (χ4n) is 2.08. The molecule has 0 atom stereocenters. The van der Waals surface area contributed by atoms with Crippen LogP contribution in [0.1, 0.15) is 31.1 Å². The van der Waals surface area contributed by atoms with Crippen molar-refractivity contribution in [1.82, 2.24) is 4.57 Å². The minimum Gasteiger partial charge on any atom is -0.494 e. The molecule has 4 nitrogen and oxygen atoms in total. The number of benzene rings is 1. The molecule has 2 aromatic rings. The van der Waals surface area contributed by atoms with Crippen LogP contribution in [-0.2, 0) is 0 Å². The number of pyridine rings is 1. The number of hydrogen-bond acceptors (Lipinski definition) is 3. The molecule has 1 heterocycles. The molecule has 4 heteroatoms. The van der Waals surface area contributed by atoms with E-state index in [0.717, 1.165) is 11.3 Å².